The molecule has 2 nitrogen and oxygen atoms in total. The second-order valence-corrected chi connectivity index (χ2v) is 6.07. The molecule has 1 aliphatic rings. The van der Waals surface area contributed by atoms with E-state index in [1.165, 1.54) is 24.5 Å². The lowest BCUT2D eigenvalue weighted by atomic mass is 10.2. The normalized spacial score (nSPS) is 28.2. The van der Waals surface area contributed by atoms with Crippen molar-refractivity contribution >= 4 is 27.7 Å². The summed E-state index contributed by atoms with van der Waals surface area (Å²) in [6.45, 7) is 7.81. The van der Waals surface area contributed by atoms with Gasteiger partial charge in [-0.2, -0.15) is 11.8 Å². The van der Waals surface area contributed by atoms with Crippen LogP contribution in [0.3, 0.4) is 0 Å². The Morgan fingerprint density at radius 3 is 2.93 bits per heavy atom. The third-order valence-electron chi connectivity index (χ3n) is 2.54. The van der Waals surface area contributed by atoms with Crippen LogP contribution in [0.4, 0.5) is 0 Å². The molecule has 0 aliphatic carbocycles. The van der Waals surface area contributed by atoms with Crippen molar-refractivity contribution in [3.05, 3.63) is 0 Å². The molecule has 0 aromatic rings. The van der Waals surface area contributed by atoms with E-state index < -0.39 is 0 Å². The van der Waals surface area contributed by atoms with Gasteiger partial charge in [-0.15, -0.1) is 0 Å². The van der Waals surface area contributed by atoms with E-state index in [9.17, 15) is 0 Å². The molecular weight excluding hydrogens is 274 g/mol. The molecular formula is C11H22BrNOS. The zero-order valence-corrected chi connectivity index (χ0v) is 12.1. The van der Waals surface area contributed by atoms with E-state index in [1.54, 1.807) is 0 Å². The number of ether oxygens (including phenoxy) is 1. The van der Waals surface area contributed by atoms with Crippen molar-refractivity contribution < 1.29 is 4.74 Å². The van der Waals surface area contributed by atoms with Gasteiger partial charge in [0.15, 0.2) is 0 Å². The van der Waals surface area contributed by atoms with Gasteiger partial charge in [0.1, 0.15) is 0 Å². The molecule has 0 aromatic heterocycles. The number of thioether (sulfide) groups is 1. The third kappa shape index (κ3) is 5.57. The minimum atomic E-state index is 0.382. The van der Waals surface area contributed by atoms with Crippen LogP contribution in [0.15, 0.2) is 0 Å². The van der Waals surface area contributed by atoms with Crippen molar-refractivity contribution in [2.24, 2.45) is 0 Å². The zero-order valence-electron chi connectivity index (χ0n) is 9.75. The minimum absolute atomic E-state index is 0.382. The molecule has 0 bridgehead atoms. The summed E-state index contributed by atoms with van der Waals surface area (Å²) in [5.74, 6) is 2.53. The van der Waals surface area contributed by atoms with Gasteiger partial charge in [0.25, 0.3) is 0 Å². The summed E-state index contributed by atoms with van der Waals surface area (Å²) in [6, 6.07) is 0. The summed E-state index contributed by atoms with van der Waals surface area (Å²) in [5.41, 5.74) is 0. The Labute approximate surface area is 106 Å². The van der Waals surface area contributed by atoms with E-state index in [2.05, 4.69) is 34.7 Å². The first-order chi connectivity index (χ1) is 7.26. The number of rotatable bonds is 6. The van der Waals surface area contributed by atoms with Crippen molar-refractivity contribution in [2.75, 3.05) is 36.5 Å². The second-order valence-electron chi connectivity index (χ2n) is 4.03. The highest BCUT2D eigenvalue weighted by Gasteiger charge is 2.23. The zero-order chi connectivity index (χ0) is 11.1. The maximum absolute atomic E-state index is 5.80. The lowest BCUT2D eigenvalue weighted by Crippen LogP contribution is -2.47. The molecule has 0 N–H and O–H groups in total. The molecule has 0 radical (unpaired) electrons. The van der Waals surface area contributed by atoms with Crippen LogP contribution in [0.5, 0.6) is 0 Å². The van der Waals surface area contributed by atoms with Gasteiger partial charge in [-0.05, 0) is 31.4 Å². The van der Waals surface area contributed by atoms with Crippen LogP contribution >= 0.6 is 27.7 Å². The predicted octanol–water partition coefficient (Wildman–Crippen LogP) is 2.61. The van der Waals surface area contributed by atoms with Gasteiger partial charge in [0.05, 0.1) is 12.2 Å². The molecule has 1 aliphatic heterocycles. The van der Waals surface area contributed by atoms with Gasteiger partial charge >= 0.3 is 0 Å². The Morgan fingerprint density at radius 2 is 2.27 bits per heavy atom. The standard InChI is InChI=1S/C11H22BrNOS/c1-3-15-6-4-5-13-8-10(2)14-11(7-12)9-13/h10-11H,3-9H2,1-2H3. The van der Waals surface area contributed by atoms with E-state index in [4.69, 9.17) is 4.74 Å². The summed E-state index contributed by atoms with van der Waals surface area (Å²) in [7, 11) is 0. The van der Waals surface area contributed by atoms with Gasteiger partial charge in [-0.25, -0.2) is 0 Å². The molecule has 2 atom stereocenters. The van der Waals surface area contributed by atoms with Crippen molar-refractivity contribution in [3.8, 4) is 0 Å². The molecule has 0 saturated carbocycles. The number of alkyl halides is 1. The maximum Gasteiger partial charge on any atom is 0.0802 e. The Balaban J connectivity index is 2.16. The monoisotopic (exact) mass is 295 g/mol. The van der Waals surface area contributed by atoms with Crippen molar-refractivity contribution in [1.29, 1.82) is 0 Å². The number of halogens is 1. The molecule has 1 rings (SSSR count). The Kier molecular flexibility index (Phi) is 7.30. The number of hydrogen-bond acceptors (Lipinski definition) is 3. The first kappa shape index (κ1) is 13.8. The largest absolute Gasteiger partial charge is 0.372 e. The van der Waals surface area contributed by atoms with E-state index >= 15 is 0 Å². The quantitative estimate of drug-likeness (QED) is 0.552. The van der Waals surface area contributed by atoms with E-state index in [1.807, 2.05) is 11.8 Å². The lowest BCUT2D eigenvalue weighted by Gasteiger charge is -2.36. The minimum Gasteiger partial charge on any atom is -0.372 e. The summed E-state index contributed by atoms with van der Waals surface area (Å²) < 4.78 is 5.80. The van der Waals surface area contributed by atoms with Gasteiger partial charge in [-0.1, -0.05) is 22.9 Å². The van der Waals surface area contributed by atoms with Crippen LogP contribution < -0.4 is 0 Å². The van der Waals surface area contributed by atoms with Crippen molar-refractivity contribution in [1.82, 2.24) is 4.90 Å². The summed E-state index contributed by atoms with van der Waals surface area (Å²) >= 11 is 5.54. The third-order valence-corrected chi connectivity index (χ3v) is 4.25. The smallest absolute Gasteiger partial charge is 0.0802 e. The summed E-state index contributed by atoms with van der Waals surface area (Å²) in [5, 5.41) is 0.956. The first-order valence-corrected chi connectivity index (χ1v) is 8.05. The van der Waals surface area contributed by atoms with Gasteiger partial charge in [0, 0.05) is 18.4 Å². The highest BCUT2D eigenvalue weighted by atomic mass is 79.9. The van der Waals surface area contributed by atoms with E-state index in [0.29, 0.717) is 12.2 Å². The molecule has 4 heteroatoms. The highest BCUT2D eigenvalue weighted by Crippen LogP contribution is 2.13. The van der Waals surface area contributed by atoms with Crippen LogP contribution in [-0.4, -0.2) is 53.6 Å². The van der Waals surface area contributed by atoms with Crippen LogP contribution in [0.25, 0.3) is 0 Å². The SMILES string of the molecule is CCSCCCN1CC(C)OC(CBr)C1. The Hall–Kier alpha value is 0.750. The fraction of sp³-hybridized carbons (Fsp3) is 1.00. The second kappa shape index (κ2) is 7.93. The number of nitrogens with zero attached hydrogens (tertiary/aromatic N) is 1. The van der Waals surface area contributed by atoms with E-state index in [-0.39, 0.29) is 0 Å². The predicted molar refractivity (Wildman–Crippen MR) is 72.2 cm³/mol. The maximum atomic E-state index is 5.80. The number of hydrogen-bond donors (Lipinski definition) is 0. The van der Waals surface area contributed by atoms with Crippen LogP contribution in [0.2, 0.25) is 0 Å². The molecule has 15 heavy (non-hydrogen) atoms. The Bertz CT molecular complexity index is 171. The van der Waals surface area contributed by atoms with Gasteiger partial charge < -0.3 is 4.74 Å². The summed E-state index contributed by atoms with van der Waals surface area (Å²) in [4.78, 5) is 2.54. The molecule has 1 fully saturated rings. The molecule has 0 spiro atoms. The van der Waals surface area contributed by atoms with Gasteiger partial charge in [-0.3, -0.25) is 4.90 Å². The van der Waals surface area contributed by atoms with Crippen LogP contribution in [-0.2, 0) is 4.74 Å². The molecule has 90 valence electrons. The van der Waals surface area contributed by atoms with Crippen molar-refractivity contribution in [2.45, 2.75) is 32.5 Å². The van der Waals surface area contributed by atoms with E-state index in [0.717, 1.165) is 18.4 Å². The first-order valence-electron chi connectivity index (χ1n) is 5.77. The van der Waals surface area contributed by atoms with Gasteiger partial charge in [0.2, 0.25) is 0 Å². The average Bonchev–Trinajstić information content (AvgIpc) is 2.23. The Morgan fingerprint density at radius 1 is 1.47 bits per heavy atom. The average molecular weight is 296 g/mol. The summed E-state index contributed by atoms with van der Waals surface area (Å²) in [6.07, 6.45) is 2.08. The molecule has 0 amide bonds. The topological polar surface area (TPSA) is 12.5 Å². The highest BCUT2D eigenvalue weighted by molar-refractivity contribution is 9.09. The fourth-order valence-corrected chi connectivity index (χ4v) is 2.92. The molecule has 1 saturated heterocycles. The number of morpholine rings is 1. The molecule has 1 heterocycles. The molecule has 0 aromatic carbocycles. The molecule has 2 unspecified atom stereocenters. The van der Waals surface area contributed by atoms with Crippen molar-refractivity contribution in [3.63, 3.8) is 0 Å². The van der Waals surface area contributed by atoms with Crippen LogP contribution in [0.1, 0.15) is 20.3 Å². The fourth-order valence-electron chi connectivity index (χ4n) is 1.94. The lowest BCUT2D eigenvalue weighted by molar-refractivity contribution is -0.0649. The van der Waals surface area contributed by atoms with Crippen LogP contribution in [0, 0.1) is 0 Å².